The topological polar surface area (TPSA) is 103 Å². The van der Waals surface area contributed by atoms with Crippen molar-refractivity contribution in [3.63, 3.8) is 0 Å². The lowest BCUT2D eigenvalue weighted by atomic mass is 10.1. The van der Waals surface area contributed by atoms with E-state index >= 15 is 0 Å². The fourth-order valence-corrected chi connectivity index (χ4v) is 5.05. The van der Waals surface area contributed by atoms with Gasteiger partial charge in [0.15, 0.2) is 0 Å². The van der Waals surface area contributed by atoms with Gasteiger partial charge in [0.05, 0.1) is 22.1 Å². The summed E-state index contributed by atoms with van der Waals surface area (Å²) in [6.45, 7) is 5.88. The summed E-state index contributed by atoms with van der Waals surface area (Å²) >= 11 is 0. The maximum absolute atomic E-state index is 13.2. The van der Waals surface area contributed by atoms with Crippen LogP contribution in [0.25, 0.3) is 0 Å². The molecule has 0 radical (unpaired) electrons. The molecule has 3 rings (SSSR count). The summed E-state index contributed by atoms with van der Waals surface area (Å²) in [7, 11) is -3.82. The average Bonchev–Trinajstić information content (AvgIpc) is 2.81. The highest BCUT2D eigenvalue weighted by Crippen LogP contribution is 2.33. The Bertz CT molecular complexity index is 1240. The number of alkyl carbamates (subject to hydrolysis) is 1. The van der Waals surface area contributed by atoms with Gasteiger partial charge >= 0.3 is 12.3 Å². The summed E-state index contributed by atoms with van der Waals surface area (Å²) in [5.74, 6) is 0. The quantitative estimate of drug-likeness (QED) is 0.632. The molecule has 1 saturated heterocycles. The Hall–Kier alpha value is -3.30. The Labute approximate surface area is 208 Å². The number of hydrogen-bond acceptors (Lipinski definition) is 6. The molecule has 1 fully saturated rings. The number of amides is 1. The smallest absolute Gasteiger partial charge is 0.416 e. The number of ether oxygens (including phenoxy) is 1. The lowest BCUT2D eigenvalue weighted by molar-refractivity contribution is -0.137. The molecule has 1 aliphatic rings. The second-order valence-electron chi connectivity index (χ2n) is 9.27. The van der Waals surface area contributed by atoms with Crippen LogP contribution in [0, 0.1) is 11.3 Å². The van der Waals surface area contributed by atoms with Crippen LogP contribution in [-0.2, 0) is 27.5 Å². The van der Waals surface area contributed by atoms with Crippen molar-refractivity contribution in [1.82, 2.24) is 9.62 Å². The molecule has 0 bridgehead atoms. The van der Waals surface area contributed by atoms with E-state index in [1.165, 1.54) is 22.5 Å². The number of piperazine rings is 1. The summed E-state index contributed by atoms with van der Waals surface area (Å²) in [5.41, 5.74) is -0.766. The van der Waals surface area contributed by atoms with Crippen molar-refractivity contribution in [2.24, 2.45) is 0 Å². The number of anilines is 1. The van der Waals surface area contributed by atoms with E-state index in [1.807, 2.05) is 0 Å². The fraction of sp³-hybridized carbons (Fsp3) is 0.417. The average molecular weight is 525 g/mol. The zero-order chi connectivity index (χ0) is 26.7. The first-order valence-corrected chi connectivity index (χ1v) is 12.6. The molecule has 0 spiro atoms. The van der Waals surface area contributed by atoms with Crippen molar-refractivity contribution < 1.29 is 31.1 Å². The minimum absolute atomic E-state index is 0.0718. The maximum Gasteiger partial charge on any atom is 0.416 e. The third kappa shape index (κ3) is 6.89. The van der Waals surface area contributed by atoms with Gasteiger partial charge in [-0.25, -0.2) is 13.2 Å². The molecule has 0 atom stereocenters. The molecule has 1 aliphatic heterocycles. The van der Waals surface area contributed by atoms with Gasteiger partial charge in [0.25, 0.3) is 0 Å². The largest absolute Gasteiger partial charge is 0.444 e. The Balaban J connectivity index is 1.64. The van der Waals surface area contributed by atoms with Crippen LogP contribution in [0.2, 0.25) is 0 Å². The molecule has 36 heavy (non-hydrogen) atoms. The summed E-state index contributed by atoms with van der Waals surface area (Å²) < 4.78 is 72.2. The number of carbonyl (C=O) groups is 1. The maximum atomic E-state index is 13.2. The lowest BCUT2D eigenvalue weighted by Crippen LogP contribution is -2.48. The van der Waals surface area contributed by atoms with E-state index in [0.717, 1.165) is 12.1 Å². The van der Waals surface area contributed by atoms with Crippen molar-refractivity contribution in [1.29, 1.82) is 5.26 Å². The van der Waals surface area contributed by atoms with Crippen molar-refractivity contribution in [2.45, 2.75) is 44.0 Å². The standard InChI is InChI=1S/C24H27F3N4O4S/c1-23(2,3)35-22(32)29-16-17-4-6-21(7-5-17)36(33,34)31-10-8-30(9-11-31)20-13-18(15-28)12-19(14-20)24(25,26)27/h4-7,12-14H,8-11,16H2,1-3H3,(H,29,32). The van der Waals surface area contributed by atoms with Gasteiger partial charge in [-0.2, -0.15) is 22.7 Å². The first-order valence-electron chi connectivity index (χ1n) is 11.1. The first kappa shape index (κ1) is 27.3. The molecule has 1 amide bonds. The number of carbonyl (C=O) groups excluding carboxylic acids is 1. The molecule has 0 saturated carbocycles. The first-order chi connectivity index (χ1) is 16.7. The molecular formula is C24H27F3N4O4S. The van der Waals surface area contributed by atoms with Gasteiger partial charge in [-0.1, -0.05) is 12.1 Å². The van der Waals surface area contributed by atoms with Crippen molar-refractivity contribution in [3.05, 3.63) is 59.2 Å². The summed E-state index contributed by atoms with van der Waals surface area (Å²) in [5, 5.41) is 11.7. The third-order valence-electron chi connectivity index (χ3n) is 5.37. The number of benzene rings is 2. The number of rotatable bonds is 5. The zero-order valence-electron chi connectivity index (χ0n) is 20.1. The van der Waals surface area contributed by atoms with Crippen molar-refractivity contribution >= 4 is 21.8 Å². The molecule has 12 heteroatoms. The van der Waals surface area contributed by atoms with Gasteiger partial charge < -0.3 is 15.0 Å². The number of nitrogens with one attached hydrogen (secondary N) is 1. The highest BCUT2D eigenvalue weighted by Gasteiger charge is 2.33. The molecule has 2 aromatic rings. The Morgan fingerprint density at radius 3 is 2.19 bits per heavy atom. The van der Waals surface area contributed by atoms with Gasteiger partial charge in [-0.15, -0.1) is 0 Å². The van der Waals surface area contributed by atoms with Crippen LogP contribution >= 0.6 is 0 Å². The predicted octanol–water partition coefficient (Wildman–Crippen LogP) is 4.11. The number of sulfonamides is 1. The van der Waals surface area contributed by atoms with Crippen LogP contribution in [0.15, 0.2) is 47.4 Å². The molecule has 0 aliphatic carbocycles. The Morgan fingerprint density at radius 1 is 1.06 bits per heavy atom. The molecule has 194 valence electrons. The molecular weight excluding hydrogens is 497 g/mol. The van der Waals surface area contributed by atoms with Gasteiger partial charge in [0.1, 0.15) is 5.60 Å². The van der Waals surface area contributed by atoms with Gasteiger partial charge in [-0.3, -0.25) is 0 Å². The monoisotopic (exact) mass is 524 g/mol. The number of hydrogen-bond donors (Lipinski definition) is 1. The minimum atomic E-state index is -4.60. The van der Waals surface area contributed by atoms with Crippen LogP contribution in [0.1, 0.15) is 37.5 Å². The van der Waals surface area contributed by atoms with Crippen LogP contribution in [0.4, 0.5) is 23.7 Å². The number of nitrogens with zero attached hydrogens (tertiary/aromatic N) is 3. The van der Waals surface area contributed by atoms with E-state index in [2.05, 4.69) is 5.32 Å². The number of halogens is 3. The van der Waals surface area contributed by atoms with E-state index in [-0.39, 0.29) is 48.9 Å². The van der Waals surface area contributed by atoms with Gasteiger partial charge in [0, 0.05) is 38.4 Å². The van der Waals surface area contributed by atoms with Crippen LogP contribution in [-0.4, -0.2) is 50.6 Å². The summed E-state index contributed by atoms with van der Waals surface area (Å²) in [6.07, 6.45) is -5.18. The molecule has 2 aromatic carbocycles. The summed E-state index contributed by atoms with van der Waals surface area (Å²) in [4.78, 5) is 13.5. The molecule has 8 nitrogen and oxygen atoms in total. The number of nitriles is 1. The number of alkyl halides is 3. The second-order valence-corrected chi connectivity index (χ2v) is 11.2. The Morgan fingerprint density at radius 2 is 1.67 bits per heavy atom. The van der Waals surface area contributed by atoms with Gasteiger partial charge in [0.2, 0.25) is 10.0 Å². The lowest BCUT2D eigenvalue weighted by Gasteiger charge is -2.35. The highest BCUT2D eigenvalue weighted by molar-refractivity contribution is 7.89. The minimum Gasteiger partial charge on any atom is -0.444 e. The fourth-order valence-electron chi connectivity index (χ4n) is 3.63. The van der Waals surface area contributed by atoms with E-state index in [0.29, 0.717) is 5.56 Å². The molecule has 0 aromatic heterocycles. The van der Waals surface area contributed by atoms with Gasteiger partial charge in [-0.05, 0) is 56.7 Å². The highest BCUT2D eigenvalue weighted by atomic mass is 32.2. The zero-order valence-corrected chi connectivity index (χ0v) is 20.9. The van der Waals surface area contributed by atoms with E-state index < -0.39 is 33.5 Å². The van der Waals surface area contributed by atoms with Crippen molar-refractivity contribution in [2.75, 3.05) is 31.1 Å². The van der Waals surface area contributed by atoms with Crippen LogP contribution < -0.4 is 10.2 Å². The molecule has 1 heterocycles. The SMILES string of the molecule is CC(C)(C)OC(=O)NCc1ccc(S(=O)(=O)N2CCN(c3cc(C#N)cc(C(F)(F)F)c3)CC2)cc1. The Kier molecular flexibility index (Phi) is 7.85. The van der Waals surface area contributed by atoms with E-state index in [4.69, 9.17) is 10.00 Å². The van der Waals surface area contributed by atoms with Crippen molar-refractivity contribution in [3.8, 4) is 6.07 Å². The van der Waals surface area contributed by atoms with E-state index in [1.54, 1.807) is 43.9 Å². The van der Waals surface area contributed by atoms with Crippen LogP contribution in [0.3, 0.4) is 0 Å². The predicted molar refractivity (Wildman–Crippen MR) is 127 cm³/mol. The van der Waals surface area contributed by atoms with Crippen LogP contribution in [0.5, 0.6) is 0 Å². The summed E-state index contributed by atoms with van der Waals surface area (Å²) in [6, 6.07) is 10.9. The second kappa shape index (κ2) is 10.4. The normalized spacial score (nSPS) is 15.3. The molecule has 0 unspecified atom stereocenters. The van der Waals surface area contributed by atoms with E-state index in [9.17, 15) is 26.4 Å². The third-order valence-corrected chi connectivity index (χ3v) is 7.29. The molecule has 1 N–H and O–H groups in total.